The molecule has 0 radical (unpaired) electrons. The van der Waals surface area contributed by atoms with E-state index in [9.17, 15) is 5.26 Å². The highest BCUT2D eigenvalue weighted by Gasteiger charge is 2.35. The molecule has 1 aliphatic rings. The van der Waals surface area contributed by atoms with Crippen molar-refractivity contribution in [3.05, 3.63) is 107 Å². The minimum absolute atomic E-state index is 0.133. The molecule has 0 unspecified atom stereocenters. The molecule has 0 aromatic heterocycles. The van der Waals surface area contributed by atoms with E-state index in [1.807, 2.05) is 49.5 Å². The fraction of sp³-hybridized carbons (Fsp3) is 0.222. The maximum absolute atomic E-state index is 9.38. The molecule has 0 aliphatic carbocycles. The third-order valence-electron chi connectivity index (χ3n) is 5.47. The van der Waals surface area contributed by atoms with Gasteiger partial charge in [-0.05, 0) is 47.2 Å². The summed E-state index contributed by atoms with van der Waals surface area (Å²) in [5, 5.41) is 9.38. The van der Waals surface area contributed by atoms with Gasteiger partial charge in [0.05, 0.1) is 17.7 Å². The molecule has 4 heteroatoms. The van der Waals surface area contributed by atoms with Crippen LogP contribution in [0.5, 0.6) is 5.75 Å². The first-order valence-corrected chi connectivity index (χ1v) is 10.5. The fourth-order valence-corrected chi connectivity index (χ4v) is 3.92. The SMILES string of the molecule is CN(C)C=Cc1cc(OC2CN(C(c3ccccc3)c3ccccc3)C2)ccc1C#N. The zero-order chi connectivity index (χ0) is 21.6. The number of nitrogens with zero attached hydrogens (tertiary/aromatic N) is 3. The van der Waals surface area contributed by atoms with Crippen molar-refractivity contribution >= 4 is 6.08 Å². The molecule has 31 heavy (non-hydrogen) atoms. The molecular weight excluding hydrogens is 382 g/mol. The van der Waals surface area contributed by atoms with Gasteiger partial charge in [0.25, 0.3) is 0 Å². The van der Waals surface area contributed by atoms with Crippen molar-refractivity contribution in [1.29, 1.82) is 5.26 Å². The number of benzene rings is 3. The van der Waals surface area contributed by atoms with Gasteiger partial charge in [0, 0.05) is 27.2 Å². The predicted molar refractivity (Wildman–Crippen MR) is 125 cm³/mol. The van der Waals surface area contributed by atoms with Gasteiger partial charge in [-0.15, -0.1) is 0 Å². The highest BCUT2D eigenvalue weighted by Crippen LogP contribution is 2.33. The summed E-state index contributed by atoms with van der Waals surface area (Å²) in [6.07, 6.45) is 4.02. The van der Waals surface area contributed by atoms with Crippen LogP contribution >= 0.6 is 0 Å². The molecule has 0 saturated carbocycles. The topological polar surface area (TPSA) is 39.5 Å². The number of likely N-dealkylation sites (tertiary alicyclic amines) is 1. The Morgan fingerprint density at radius 1 is 0.968 bits per heavy atom. The highest BCUT2D eigenvalue weighted by molar-refractivity contribution is 5.60. The Balaban J connectivity index is 1.47. The summed E-state index contributed by atoms with van der Waals surface area (Å²) in [5.41, 5.74) is 4.11. The van der Waals surface area contributed by atoms with E-state index in [-0.39, 0.29) is 12.1 Å². The van der Waals surface area contributed by atoms with Gasteiger partial charge in [-0.2, -0.15) is 5.26 Å². The van der Waals surface area contributed by atoms with Gasteiger partial charge < -0.3 is 9.64 Å². The van der Waals surface area contributed by atoms with Crippen molar-refractivity contribution in [1.82, 2.24) is 9.80 Å². The zero-order valence-corrected chi connectivity index (χ0v) is 18.0. The van der Waals surface area contributed by atoms with Crippen LogP contribution in [0, 0.1) is 11.3 Å². The summed E-state index contributed by atoms with van der Waals surface area (Å²) >= 11 is 0. The largest absolute Gasteiger partial charge is 0.488 e. The van der Waals surface area contributed by atoms with Crippen LogP contribution in [0.4, 0.5) is 0 Å². The average molecular weight is 410 g/mol. The molecule has 0 N–H and O–H groups in total. The minimum atomic E-state index is 0.133. The van der Waals surface area contributed by atoms with E-state index >= 15 is 0 Å². The Kier molecular flexibility index (Phi) is 6.35. The van der Waals surface area contributed by atoms with Crippen LogP contribution in [0.3, 0.4) is 0 Å². The van der Waals surface area contributed by atoms with Crippen molar-refractivity contribution in [3.63, 3.8) is 0 Å². The lowest BCUT2D eigenvalue weighted by Gasteiger charge is -2.44. The zero-order valence-electron chi connectivity index (χ0n) is 18.0. The first-order valence-electron chi connectivity index (χ1n) is 10.5. The molecule has 1 saturated heterocycles. The predicted octanol–water partition coefficient (Wildman–Crippen LogP) is 4.94. The minimum Gasteiger partial charge on any atom is -0.488 e. The van der Waals surface area contributed by atoms with Gasteiger partial charge in [-0.3, -0.25) is 4.90 Å². The smallest absolute Gasteiger partial charge is 0.124 e. The highest BCUT2D eigenvalue weighted by atomic mass is 16.5. The summed E-state index contributed by atoms with van der Waals surface area (Å²) in [6, 6.07) is 29.4. The van der Waals surface area contributed by atoms with Crippen LogP contribution in [0.2, 0.25) is 0 Å². The molecule has 156 valence electrons. The number of rotatable bonds is 7. The van der Waals surface area contributed by atoms with Crippen LogP contribution in [0.1, 0.15) is 28.3 Å². The van der Waals surface area contributed by atoms with E-state index in [1.54, 1.807) is 0 Å². The van der Waals surface area contributed by atoms with Crippen molar-refractivity contribution in [3.8, 4) is 11.8 Å². The number of ether oxygens (including phenoxy) is 1. The van der Waals surface area contributed by atoms with Gasteiger partial charge in [-0.25, -0.2) is 0 Å². The maximum atomic E-state index is 9.38. The van der Waals surface area contributed by atoms with Crippen LogP contribution in [0.25, 0.3) is 6.08 Å². The molecule has 1 aliphatic heterocycles. The summed E-state index contributed by atoms with van der Waals surface area (Å²) in [6.45, 7) is 1.72. The van der Waals surface area contributed by atoms with Crippen molar-refractivity contribution in [2.75, 3.05) is 27.2 Å². The second-order valence-electron chi connectivity index (χ2n) is 8.06. The number of hydrogen-bond donors (Lipinski definition) is 0. The van der Waals surface area contributed by atoms with Crippen molar-refractivity contribution < 1.29 is 4.74 Å². The van der Waals surface area contributed by atoms with Crippen molar-refractivity contribution in [2.45, 2.75) is 12.1 Å². The maximum Gasteiger partial charge on any atom is 0.124 e. The Bertz CT molecular complexity index is 1030. The molecule has 1 heterocycles. The van der Waals surface area contributed by atoms with Crippen LogP contribution in [0.15, 0.2) is 85.1 Å². The summed E-state index contributed by atoms with van der Waals surface area (Å²) < 4.78 is 6.25. The van der Waals surface area contributed by atoms with E-state index in [0.29, 0.717) is 5.56 Å². The lowest BCUT2D eigenvalue weighted by molar-refractivity contribution is 0.000281. The Morgan fingerprint density at radius 2 is 1.58 bits per heavy atom. The molecule has 1 fully saturated rings. The molecule has 0 amide bonds. The molecule has 3 aromatic rings. The van der Waals surface area contributed by atoms with Crippen molar-refractivity contribution in [2.24, 2.45) is 0 Å². The van der Waals surface area contributed by atoms with Gasteiger partial charge >= 0.3 is 0 Å². The molecule has 4 nitrogen and oxygen atoms in total. The average Bonchev–Trinajstić information content (AvgIpc) is 2.77. The van der Waals surface area contributed by atoms with E-state index in [2.05, 4.69) is 71.6 Å². The van der Waals surface area contributed by atoms with E-state index in [0.717, 1.165) is 24.4 Å². The summed E-state index contributed by atoms with van der Waals surface area (Å²) in [5.74, 6) is 0.804. The normalized spacial score (nSPS) is 14.4. The van der Waals surface area contributed by atoms with Crippen LogP contribution < -0.4 is 4.74 Å². The number of nitriles is 1. The number of hydrogen-bond acceptors (Lipinski definition) is 4. The Labute approximate surface area is 184 Å². The fourth-order valence-electron chi connectivity index (χ4n) is 3.92. The molecule has 0 atom stereocenters. The first kappa shape index (κ1) is 20.7. The quantitative estimate of drug-likeness (QED) is 0.554. The third-order valence-corrected chi connectivity index (χ3v) is 5.47. The third kappa shape index (κ3) is 4.96. The van der Waals surface area contributed by atoms with E-state index in [4.69, 9.17) is 4.74 Å². The monoisotopic (exact) mass is 409 g/mol. The standard InChI is InChI=1S/C27H27N3O/c1-29(2)16-15-23-17-25(14-13-24(23)18-28)31-26-19-30(20-26)27(21-9-5-3-6-10-21)22-11-7-4-8-12-22/h3-17,26-27H,19-20H2,1-2H3. The van der Waals surface area contributed by atoms with Crippen LogP contribution in [-0.4, -0.2) is 43.1 Å². The first-order chi connectivity index (χ1) is 15.1. The molecular formula is C27H27N3O. The second kappa shape index (κ2) is 9.51. The molecule has 3 aromatic carbocycles. The van der Waals surface area contributed by atoms with Gasteiger partial charge in [-0.1, -0.05) is 60.7 Å². The molecule has 0 spiro atoms. The van der Waals surface area contributed by atoms with Gasteiger partial charge in [0.15, 0.2) is 0 Å². The summed E-state index contributed by atoms with van der Waals surface area (Å²) in [7, 11) is 3.92. The Hall–Kier alpha value is -3.55. The molecule has 4 rings (SSSR count). The lowest BCUT2D eigenvalue weighted by atomic mass is 9.94. The van der Waals surface area contributed by atoms with Gasteiger partial charge in [0.2, 0.25) is 0 Å². The molecule has 0 bridgehead atoms. The van der Waals surface area contributed by atoms with Gasteiger partial charge in [0.1, 0.15) is 11.9 Å². The van der Waals surface area contributed by atoms with E-state index in [1.165, 1.54) is 11.1 Å². The lowest BCUT2D eigenvalue weighted by Crippen LogP contribution is -2.55. The van der Waals surface area contributed by atoms with Crippen LogP contribution in [-0.2, 0) is 0 Å². The Morgan fingerprint density at radius 3 is 2.13 bits per heavy atom. The summed E-state index contributed by atoms with van der Waals surface area (Å²) in [4.78, 5) is 4.40. The second-order valence-corrected chi connectivity index (χ2v) is 8.06. The van der Waals surface area contributed by atoms with E-state index < -0.39 is 0 Å².